The van der Waals surface area contributed by atoms with Crippen LogP contribution in [0.15, 0.2) is 30.6 Å². The smallest absolute Gasteiger partial charge is 0.414 e. The number of ether oxygens (including phenoxy) is 1. The number of imidazole rings is 1. The van der Waals surface area contributed by atoms with Crippen LogP contribution in [-0.2, 0) is 35.5 Å². The molecular weight excluding hydrogens is 424 g/mol. The molecule has 0 bridgehead atoms. The van der Waals surface area contributed by atoms with Crippen molar-refractivity contribution in [2.45, 2.75) is 45.3 Å². The van der Waals surface area contributed by atoms with Gasteiger partial charge in [-0.05, 0) is 38.0 Å². The first-order chi connectivity index (χ1) is 15.9. The Morgan fingerprint density at radius 1 is 1.33 bits per heavy atom. The molecule has 0 saturated heterocycles. The SMILES string of the molecule is COC(=O)N1c2ccc3c(nc(CCn4cccn4)n3CC(=O)N(C)CCO)c2CC[C@@H]1C. The molecule has 0 fully saturated rings. The Morgan fingerprint density at radius 2 is 2.15 bits per heavy atom. The summed E-state index contributed by atoms with van der Waals surface area (Å²) >= 11 is 0. The van der Waals surface area contributed by atoms with Crippen LogP contribution in [0.2, 0.25) is 0 Å². The second-order valence-electron chi connectivity index (χ2n) is 8.33. The summed E-state index contributed by atoms with van der Waals surface area (Å²) in [7, 11) is 3.07. The summed E-state index contributed by atoms with van der Waals surface area (Å²) in [4.78, 5) is 33.4. The molecule has 0 saturated carbocycles. The number of hydrogen-bond donors (Lipinski definition) is 1. The number of hydrogen-bond acceptors (Lipinski definition) is 6. The van der Waals surface area contributed by atoms with E-state index in [2.05, 4.69) is 5.10 Å². The average molecular weight is 455 g/mol. The van der Waals surface area contributed by atoms with Crippen molar-refractivity contribution >= 4 is 28.7 Å². The van der Waals surface area contributed by atoms with Crippen molar-refractivity contribution in [2.75, 3.05) is 32.2 Å². The highest BCUT2D eigenvalue weighted by Gasteiger charge is 2.31. The first-order valence-electron chi connectivity index (χ1n) is 11.1. The summed E-state index contributed by atoms with van der Waals surface area (Å²) in [6.45, 7) is 2.94. The third-order valence-electron chi connectivity index (χ3n) is 6.24. The van der Waals surface area contributed by atoms with Gasteiger partial charge in [-0.2, -0.15) is 5.10 Å². The summed E-state index contributed by atoms with van der Waals surface area (Å²) in [5.41, 5.74) is 3.46. The molecule has 1 N–H and O–H groups in total. The Labute approximate surface area is 192 Å². The van der Waals surface area contributed by atoms with E-state index in [0.717, 1.165) is 41.0 Å². The zero-order valence-corrected chi connectivity index (χ0v) is 19.3. The van der Waals surface area contributed by atoms with Crippen molar-refractivity contribution in [2.24, 2.45) is 0 Å². The maximum absolute atomic E-state index is 12.8. The van der Waals surface area contributed by atoms with E-state index in [1.807, 2.05) is 40.6 Å². The number of likely N-dealkylation sites (N-methyl/N-ethyl adjacent to an activating group) is 1. The number of aryl methyl sites for hydroxylation is 3. The van der Waals surface area contributed by atoms with Crippen LogP contribution < -0.4 is 4.90 Å². The van der Waals surface area contributed by atoms with Gasteiger partial charge < -0.3 is 19.3 Å². The van der Waals surface area contributed by atoms with Crippen molar-refractivity contribution in [1.29, 1.82) is 0 Å². The third kappa shape index (κ3) is 4.43. The van der Waals surface area contributed by atoms with Crippen LogP contribution in [0.1, 0.15) is 24.7 Å². The number of carbonyl (C=O) groups excluding carboxylic acids is 2. The molecule has 176 valence electrons. The Hall–Kier alpha value is -3.40. The number of fused-ring (bicyclic) bond motifs is 3. The Balaban J connectivity index is 1.77. The van der Waals surface area contributed by atoms with E-state index in [9.17, 15) is 14.7 Å². The molecule has 1 aliphatic heterocycles. The van der Waals surface area contributed by atoms with Gasteiger partial charge in [0.2, 0.25) is 5.91 Å². The molecule has 1 aliphatic rings. The number of anilines is 1. The first kappa shape index (κ1) is 22.8. The fourth-order valence-corrected chi connectivity index (χ4v) is 4.40. The van der Waals surface area contributed by atoms with Gasteiger partial charge >= 0.3 is 6.09 Å². The minimum absolute atomic E-state index is 0.0254. The van der Waals surface area contributed by atoms with E-state index in [1.54, 1.807) is 18.1 Å². The van der Waals surface area contributed by atoms with E-state index in [4.69, 9.17) is 9.72 Å². The number of rotatable bonds is 7. The molecule has 1 aromatic carbocycles. The molecule has 33 heavy (non-hydrogen) atoms. The molecule has 10 nitrogen and oxygen atoms in total. The van der Waals surface area contributed by atoms with Crippen LogP contribution in [-0.4, -0.2) is 74.7 Å². The number of aliphatic hydroxyl groups excluding tert-OH is 1. The number of amides is 2. The molecule has 2 aromatic heterocycles. The first-order valence-corrected chi connectivity index (χ1v) is 11.1. The molecule has 3 aromatic rings. The predicted octanol–water partition coefficient (Wildman–Crippen LogP) is 1.83. The molecule has 0 aliphatic carbocycles. The van der Waals surface area contributed by atoms with Crippen LogP contribution in [0, 0.1) is 0 Å². The maximum atomic E-state index is 12.8. The highest BCUT2D eigenvalue weighted by molar-refractivity contribution is 5.95. The molecule has 0 radical (unpaired) electrons. The average Bonchev–Trinajstić information content (AvgIpc) is 3.45. The van der Waals surface area contributed by atoms with E-state index < -0.39 is 0 Å². The van der Waals surface area contributed by atoms with Crippen LogP contribution >= 0.6 is 0 Å². The summed E-state index contributed by atoms with van der Waals surface area (Å²) < 4.78 is 8.79. The predicted molar refractivity (Wildman–Crippen MR) is 123 cm³/mol. The summed E-state index contributed by atoms with van der Waals surface area (Å²) in [6, 6.07) is 5.74. The zero-order valence-electron chi connectivity index (χ0n) is 19.3. The van der Waals surface area contributed by atoms with E-state index in [1.165, 1.54) is 12.0 Å². The molecule has 4 rings (SSSR count). The molecular formula is C23H30N6O4. The largest absolute Gasteiger partial charge is 0.452 e. The zero-order chi connectivity index (χ0) is 23.5. The third-order valence-corrected chi connectivity index (χ3v) is 6.24. The normalized spacial score (nSPS) is 15.5. The Kier molecular flexibility index (Phi) is 6.64. The van der Waals surface area contributed by atoms with E-state index >= 15 is 0 Å². The van der Waals surface area contributed by atoms with E-state index in [0.29, 0.717) is 13.0 Å². The summed E-state index contributed by atoms with van der Waals surface area (Å²) in [6.07, 6.45) is 5.42. The van der Waals surface area contributed by atoms with Gasteiger partial charge in [-0.15, -0.1) is 0 Å². The maximum Gasteiger partial charge on any atom is 0.414 e. The summed E-state index contributed by atoms with van der Waals surface area (Å²) in [5.74, 6) is 0.675. The highest BCUT2D eigenvalue weighted by atomic mass is 16.5. The van der Waals surface area contributed by atoms with Crippen molar-refractivity contribution in [3.05, 3.63) is 42.0 Å². The van der Waals surface area contributed by atoms with Gasteiger partial charge in [0.25, 0.3) is 0 Å². The Morgan fingerprint density at radius 3 is 2.85 bits per heavy atom. The van der Waals surface area contributed by atoms with Gasteiger partial charge in [0.15, 0.2) is 0 Å². The molecule has 10 heteroatoms. The number of benzene rings is 1. The van der Waals surface area contributed by atoms with Gasteiger partial charge in [-0.25, -0.2) is 9.78 Å². The van der Waals surface area contributed by atoms with Crippen LogP contribution in [0.25, 0.3) is 11.0 Å². The van der Waals surface area contributed by atoms with E-state index in [-0.39, 0.29) is 37.7 Å². The van der Waals surface area contributed by atoms with Crippen molar-refractivity contribution in [3.63, 3.8) is 0 Å². The highest BCUT2D eigenvalue weighted by Crippen LogP contribution is 2.36. The van der Waals surface area contributed by atoms with Crippen molar-refractivity contribution in [1.82, 2.24) is 24.2 Å². The molecule has 0 spiro atoms. The molecule has 1 atom stereocenters. The quantitative estimate of drug-likeness (QED) is 0.584. The van der Waals surface area contributed by atoms with Gasteiger partial charge in [0, 0.05) is 50.6 Å². The molecule has 0 unspecified atom stereocenters. The van der Waals surface area contributed by atoms with Crippen molar-refractivity contribution in [3.8, 4) is 0 Å². The van der Waals surface area contributed by atoms with Crippen LogP contribution in [0.4, 0.5) is 10.5 Å². The number of aliphatic hydroxyl groups is 1. The van der Waals surface area contributed by atoms with Crippen LogP contribution in [0.5, 0.6) is 0 Å². The van der Waals surface area contributed by atoms with Gasteiger partial charge in [-0.1, -0.05) is 0 Å². The standard InChI is InChI=1S/C23H30N6O4/c1-16-5-6-17-18(29(16)23(32)33-3)7-8-19-22(17)25-20(9-12-27-11-4-10-24-27)28(19)15-21(31)26(2)13-14-30/h4,7-8,10-11,16,30H,5-6,9,12-15H2,1-3H3/t16-/m0/s1. The lowest BCUT2D eigenvalue weighted by Gasteiger charge is -2.34. The fraction of sp³-hybridized carbons (Fsp3) is 0.478. The minimum Gasteiger partial charge on any atom is -0.452 e. The fourth-order valence-electron chi connectivity index (χ4n) is 4.40. The second kappa shape index (κ2) is 9.62. The number of aromatic nitrogens is 4. The van der Waals surface area contributed by atoms with Gasteiger partial charge in [-0.3, -0.25) is 14.4 Å². The lowest BCUT2D eigenvalue weighted by Crippen LogP contribution is -2.42. The second-order valence-corrected chi connectivity index (χ2v) is 8.33. The van der Waals surface area contributed by atoms with Gasteiger partial charge in [0.05, 0.1) is 30.4 Å². The van der Waals surface area contributed by atoms with Crippen molar-refractivity contribution < 1.29 is 19.4 Å². The number of nitrogens with zero attached hydrogens (tertiary/aromatic N) is 6. The lowest BCUT2D eigenvalue weighted by molar-refractivity contribution is -0.130. The molecule has 2 amide bonds. The molecule has 3 heterocycles. The lowest BCUT2D eigenvalue weighted by atomic mass is 9.96. The monoisotopic (exact) mass is 454 g/mol. The van der Waals surface area contributed by atoms with Gasteiger partial charge in [0.1, 0.15) is 12.4 Å². The summed E-state index contributed by atoms with van der Waals surface area (Å²) in [5, 5.41) is 13.5. The topological polar surface area (TPSA) is 106 Å². The number of methoxy groups -OCH3 is 1. The Bertz CT molecular complexity index is 1140. The minimum atomic E-state index is -0.387. The van der Waals surface area contributed by atoms with Crippen LogP contribution in [0.3, 0.4) is 0 Å². The number of carbonyl (C=O) groups is 2.